The predicted octanol–water partition coefficient (Wildman–Crippen LogP) is 13.1. The molecule has 0 heterocycles. The standard InChI is InChI=1S/C46H31N/c1-4-21-37-32(14-1)17-12-27-41(37)43-26-9-10-28-46(43)47(45-29-13-18-33-15-2-6-23-39(33)45)36-20-11-19-34(30-36)44-31-35-16-3-5-22-38(35)40-24-7-8-25-42(40)44/h1-31H. The summed E-state index contributed by atoms with van der Waals surface area (Å²) in [5.41, 5.74) is 8.25. The molecule has 0 saturated heterocycles. The van der Waals surface area contributed by atoms with Crippen LogP contribution in [0.4, 0.5) is 17.1 Å². The molecule has 0 radical (unpaired) electrons. The van der Waals surface area contributed by atoms with E-state index in [0.29, 0.717) is 0 Å². The van der Waals surface area contributed by atoms with Gasteiger partial charge in [-0.05, 0) is 84.7 Å². The SMILES string of the molecule is c1cc(-c2cc3ccccc3c3ccccc23)cc(N(c2ccccc2-c2cccc3ccccc23)c2cccc3ccccc23)c1. The number of nitrogens with zero attached hydrogens (tertiary/aromatic N) is 1. The molecular formula is C46H31N. The number of benzene rings is 9. The van der Waals surface area contributed by atoms with E-state index in [2.05, 4.69) is 193 Å². The Balaban J connectivity index is 1.32. The van der Waals surface area contributed by atoms with Crippen LogP contribution in [0.25, 0.3) is 65.3 Å². The zero-order chi connectivity index (χ0) is 31.2. The second-order valence-corrected chi connectivity index (χ2v) is 12.1. The lowest BCUT2D eigenvalue weighted by Crippen LogP contribution is -2.12. The summed E-state index contributed by atoms with van der Waals surface area (Å²) in [7, 11) is 0. The Labute approximate surface area is 274 Å². The predicted molar refractivity (Wildman–Crippen MR) is 202 cm³/mol. The van der Waals surface area contributed by atoms with Crippen molar-refractivity contribution in [2.45, 2.75) is 0 Å². The summed E-state index contributed by atoms with van der Waals surface area (Å²) < 4.78 is 0. The fourth-order valence-electron chi connectivity index (χ4n) is 7.27. The van der Waals surface area contributed by atoms with Gasteiger partial charge in [-0.2, -0.15) is 0 Å². The lowest BCUT2D eigenvalue weighted by Gasteiger charge is -2.29. The van der Waals surface area contributed by atoms with Crippen molar-refractivity contribution in [3.05, 3.63) is 188 Å². The number of fused-ring (bicyclic) bond motifs is 5. The number of hydrogen-bond acceptors (Lipinski definition) is 1. The minimum absolute atomic E-state index is 1.11. The summed E-state index contributed by atoms with van der Waals surface area (Å²) in [5.74, 6) is 0. The molecule has 0 aliphatic rings. The van der Waals surface area contributed by atoms with Crippen LogP contribution in [0.15, 0.2) is 188 Å². The first-order chi connectivity index (χ1) is 23.3. The zero-order valence-corrected chi connectivity index (χ0v) is 25.8. The van der Waals surface area contributed by atoms with E-state index < -0.39 is 0 Å². The Bertz CT molecular complexity index is 2580. The lowest BCUT2D eigenvalue weighted by molar-refractivity contribution is 1.30. The van der Waals surface area contributed by atoms with Crippen LogP contribution in [0.1, 0.15) is 0 Å². The second-order valence-electron chi connectivity index (χ2n) is 12.1. The highest BCUT2D eigenvalue weighted by Gasteiger charge is 2.20. The molecule has 0 unspecified atom stereocenters. The molecule has 1 nitrogen and oxygen atoms in total. The summed E-state index contributed by atoms with van der Waals surface area (Å²) in [4.78, 5) is 2.45. The van der Waals surface area contributed by atoms with Gasteiger partial charge < -0.3 is 4.90 Å². The van der Waals surface area contributed by atoms with Gasteiger partial charge in [0.15, 0.2) is 0 Å². The van der Waals surface area contributed by atoms with Gasteiger partial charge in [0.2, 0.25) is 0 Å². The minimum Gasteiger partial charge on any atom is -0.309 e. The van der Waals surface area contributed by atoms with Gasteiger partial charge in [-0.15, -0.1) is 0 Å². The molecular weight excluding hydrogens is 567 g/mol. The topological polar surface area (TPSA) is 3.24 Å². The minimum atomic E-state index is 1.11. The van der Waals surface area contributed by atoms with Crippen molar-refractivity contribution in [2.24, 2.45) is 0 Å². The number of anilines is 3. The van der Waals surface area contributed by atoms with Crippen molar-refractivity contribution in [3.63, 3.8) is 0 Å². The Hall–Kier alpha value is -6.18. The summed E-state index contributed by atoms with van der Waals surface area (Å²) in [6.07, 6.45) is 0. The third-order valence-electron chi connectivity index (χ3n) is 9.42. The smallest absolute Gasteiger partial charge is 0.0540 e. The quantitative estimate of drug-likeness (QED) is 0.178. The van der Waals surface area contributed by atoms with E-state index in [0.717, 1.165) is 17.1 Å². The highest BCUT2D eigenvalue weighted by molar-refractivity contribution is 6.14. The van der Waals surface area contributed by atoms with Crippen molar-refractivity contribution in [2.75, 3.05) is 4.90 Å². The fraction of sp³-hybridized carbons (Fsp3) is 0. The number of hydrogen-bond donors (Lipinski definition) is 0. The maximum Gasteiger partial charge on any atom is 0.0540 e. The van der Waals surface area contributed by atoms with Gasteiger partial charge in [-0.3, -0.25) is 0 Å². The Morgan fingerprint density at radius 3 is 1.64 bits per heavy atom. The molecule has 47 heavy (non-hydrogen) atoms. The van der Waals surface area contributed by atoms with Crippen LogP contribution >= 0.6 is 0 Å². The molecule has 0 atom stereocenters. The normalized spacial score (nSPS) is 11.4. The summed E-state index contributed by atoms with van der Waals surface area (Å²) in [6.45, 7) is 0. The van der Waals surface area contributed by atoms with Crippen molar-refractivity contribution in [3.8, 4) is 22.3 Å². The van der Waals surface area contributed by atoms with Gasteiger partial charge in [0.1, 0.15) is 0 Å². The number of para-hydroxylation sites is 1. The van der Waals surface area contributed by atoms with E-state index in [1.807, 2.05) is 0 Å². The number of rotatable bonds is 5. The van der Waals surface area contributed by atoms with Gasteiger partial charge in [-0.1, -0.05) is 158 Å². The maximum absolute atomic E-state index is 2.45. The molecule has 1 heteroatoms. The van der Waals surface area contributed by atoms with Crippen LogP contribution in [0.3, 0.4) is 0 Å². The molecule has 0 aliphatic carbocycles. The van der Waals surface area contributed by atoms with Crippen molar-refractivity contribution < 1.29 is 0 Å². The van der Waals surface area contributed by atoms with Crippen LogP contribution in [0.5, 0.6) is 0 Å². The van der Waals surface area contributed by atoms with Crippen molar-refractivity contribution in [1.29, 1.82) is 0 Å². The lowest BCUT2D eigenvalue weighted by atomic mass is 9.92. The molecule has 0 N–H and O–H groups in total. The van der Waals surface area contributed by atoms with Crippen LogP contribution in [-0.2, 0) is 0 Å². The molecule has 9 aromatic rings. The fourth-order valence-corrected chi connectivity index (χ4v) is 7.27. The molecule has 9 rings (SSSR count). The van der Waals surface area contributed by atoms with E-state index in [1.165, 1.54) is 65.3 Å². The van der Waals surface area contributed by atoms with Gasteiger partial charge >= 0.3 is 0 Å². The zero-order valence-electron chi connectivity index (χ0n) is 25.8. The monoisotopic (exact) mass is 597 g/mol. The maximum atomic E-state index is 2.45. The van der Waals surface area contributed by atoms with Gasteiger partial charge in [0.05, 0.1) is 11.4 Å². The summed E-state index contributed by atoms with van der Waals surface area (Å²) in [5, 5.41) is 9.98. The first-order valence-corrected chi connectivity index (χ1v) is 16.2. The summed E-state index contributed by atoms with van der Waals surface area (Å²) >= 11 is 0. The molecule has 0 spiro atoms. The molecule has 0 fully saturated rings. The molecule has 9 aromatic carbocycles. The first kappa shape index (κ1) is 27.2. The molecule has 0 amide bonds. The average molecular weight is 598 g/mol. The van der Waals surface area contributed by atoms with Crippen molar-refractivity contribution in [1.82, 2.24) is 0 Å². The van der Waals surface area contributed by atoms with E-state index in [-0.39, 0.29) is 0 Å². The van der Waals surface area contributed by atoms with E-state index in [9.17, 15) is 0 Å². The molecule has 0 bridgehead atoms. The highest BCUT2D eigenvalue weighted by Crippen LogP contribution is 2.46. The molecule has 0 aliphatic heterocycles. The molecule has 0 aromatic heterocycles. The van der Waals surface area contributed by atoms with Crippen LogP contribution < -0.4 is 4.90 Å². The van der Waals surface area contributed by atoms with Crippen LogP contribution in [0, 0.1) is 0 Å². The van der Waals surface area contributed by atoms with E-state index >= 15 is 0 Å². The largest absolute Gasteiger partial charge is 0.309 e. The second kappa shape index (κ2) is 11.3. The Morgan fingerprint density at radius 2 is 0.809 bits per heavy atom. The van der Waals surface area contributed by atoms with E-state index in [4.69, 9.17) is 0 Å². The van der Waals surface area contributed by atoms with Gasteiger partial charge in [0, 0.05) is 16.6 Å². The van der Waals surface area contributed by atoms with Crippen molar-refractivity contribution >= 4 is 60.2 Å². The first-order valence-electron chi connectivity index (χ1n) is 16.2. The van der Waals surface area contributed by atoms with E-state index in [1.54, 1.807) is 0 Å². The summed E-state index contributed by atoms with van der Waals surface area (Å²) in [6, 6.07) is 68.3. The third kappa shape index (κ3) is 4.64. The van der Waals surface area contributed by atoms with Gasteiger partial charge in [-0.25, -0.2) is 0 Å². The molecule has 220 valence electrons. The van der Waals surface area contributed by atoms with Gasteiger partial charge in [0.25, 0.3) is 0 Å². The van der Waals surface area contributed by atoms with Crippen LogP contribution in [-0.4, -0.2) is 0 Å². The Kier molecular flexibility index (Phi) is 6.54. The average Bonchev–Trinajstić information content (AvgIpc) is 3.15. The van der Waals surface area contributed by atoms with Crippen LogP contribution in [0.2, 0.25) is 0 Å². The third-order valence-corrected chi connectivity index (χ3v) is 9.42. The highest BCUT2D eigenvalue weighted by atomic mass is 15.1. The molecule has 0 saturated carbocycles. The Morgan fingerprint density at radius 1 is 0.277 bits per heavy atom.